The second kappa shape index (κ2) is 7.96. The van der Waals surface area contributed by atoms with E-state index in [1.807, 2.05) is 0 Å². The number of aliphatic hydroxyl groups excluding tert-OH is 1. The highest BCUT2D eigenvalue weighted by Gasteiger charge is 2.47. The number of Topliss-reactive ketones (excluding diaryl/α,β-unsaturated/α-hetero) is 1. The maximum Gasteiger partial charge on any atom is 0.301 e. The van der Waals surface area contributed by atoms with Crippen molar-refractivity contribution in [3.8, 4) is 5.75 Å². The first kappa shape index (κ1) is 19.6. The van der Waals surface area contributed by atoms with E-state index in [2.05, 4.69) is 9.97 Å². The Morgan fingerprint density at radius 3 is 2.63 bits per heavy atom. The topological polar surface area (TPSA) is 92.6 Å². The van der Waals surface area contributed by atoms with Crippen LogP contribution in [0.2, 0.25) is 5.02 Å². The minimum atomic E-state index is -0.919. The van der Waals surface area contributed by atoms with Gasteiger partial charge in [-0.1, -0.05) is 23.7 Å². The van der Waals surface area contributed by atoms with Crippen LogP contribution in [0.4, 0.5) is 5.82 Å². The zero-order valence-corrected chi connectivity index (χ0v) is 16.6. The lowest BCUT2D eigenvalue weighted by Crippen LogP contribution is -2.30. The summed E-state index contributed by atoms with van der Waals surface area (Å²) in [7, 11) is 1.44. The molecule has 30 heavy (non-hydrogen) atoms. The number of carbonyl (C=O) groups is 2. The van der Waals surface area contributed by atoms with E-state index in [0.717, 1.165) is 0 Å². The van der Waals surface area contributed by atoms with Crippen LogP contribution < -0.4 is 9.64 Å². The Labute approximate surface area is 177 Å². The molecule has 0 saturated carbocycles. The molecular weight excluding hydrogens is 406 g/mol. The number of ketones is 1. The number of pyridine rings is 2. The van der Waals surface area contributed by atoms with Crippen LogP contribution in [-0.4, -0.2) is 33.9 Å². The Morgan fingerprint density at radius 1 is 1.13 bits per heavy atom. The number of methoxy groups -OCH3 is 1. The van der Waals surface area contributed by atoms with E-state index in [1.54, 1.807) is 48.7 Å². The lowest BCUT2D eigenvalue weighted by molar-refractivity contribution is -0.132. The van der Waals surface area contributed by atoms with Gasteiger partial charge in [0, 0.05) is 23.6 Å². The van der Waals surface area contributed by atoms with Gasteiger partial charge in [-0.25, -0.2) is 4.98 Å². The molecule has 150 valence electrons. The van der Waals surface area contributed by atoms with Gasteiger partial charge in [0.2, 0.25) is 0 Å². The standard InChI is InChI=1S/C22H16ClN3O4/c1-30-16-8-7-14(23)11-15(16)20(27)18-19(13-5-4-9-24-12-13)26(22(29)21(18)28)17-6-2-3-10-25-17/h2-12,19,27H,1H3/b20-18+. The molecule has 3 aromatic rings. The molecule has 4 rings (SSSR count). The zero-order chi connectivity index (χ0) is 21.3. The van der Waals surface area contributed by atoms with Gasteiger partial charge < -0.3 is 9.84 Å². The Balaban J connectivity index is 1.98. The summed E-state index contributed by atoms with van der Waals surface area (Å²) in [5.41, 5.74) is 0.655. The monoisotopic (exact) mass is 421 g/mol. The molecule has 2 aromatic heterocycles. The normalized spacial score (nSPS) is 17.9. The molecule has 3 heterocycles. The van der Waals surface area contributed by atoms with Gasteiger partial charge >= 0.3 is 5.91 Å². The molecule has 1 N–H and O–H groups in total. The number of benzene rings is 1. The van der Waals surface area contributed by atoms with E-state index < -0.39 is 17.7 Å². The first-order valence-corrected chi connectivity index (χ1v) is 9.36. The fourth-order valence-electron chi connectivity index (χ4n) is 3.43. The molecule has 0 spiro atoms. The highest BCUT2D eigenvalue weighted by atomic mass is 35.5. The molecule has 8 heteroatoms. The average molecular weight is 422 g/mol. The Morgan fingerprint density at radius 2 is 1.97 bits per heavy atom. The van der Waals surface area contributed by atoms with Crippen LogP contribution in [0, 0.1) is 0 Å². The van der Waals surface area contributed by atoms with Crippen LogP contribution in [0.5, 0.6) is 5.75 Å². The van der Waals surface area contributed by atoms with Crippen molar-refractivity contribution < 1.29 is 19.4 Å². The summed E-state index contributed by atoms with van der Waals surface area (Å²) in [5.74, 6) is -1.43. The van der Waals surface area contributed by atoms with E-state index in [0.29, 0.717) is 16.3 Å². The van der Waals surface area contributed by atoms with Crippen molar-refractivity contribution in [2.24, 2.45) is 0 Å². The SMILES string of the molecule is COc1ccc(Cl)cc1/C(O)=C1\C(=O)C(=O)N(c2ccccn2)C1c1cccnc1. The molecule has 1 unspecified atom stereocenters. The second-order valence-electron chi connectivity index (χ2n) is 6.49. The summed E-state index contributed by atoms with van der Waals surface area (Å²) in [6, 6.07) is 12.2. The quantitative estimate of drug-likeness (QED) is 0.391. The molecule has 0 bridgehead atoms. The van der Waals surface area contributed by atoms with E-state index in [9.17, 15) is 14.7 Å². The number of hydrogen-bond donors (Lipinski definition) is 1. The molecule has 1 aliphatic rings. The van der Waals surface area contributed by atoms with E-state index in [1.165, 1.54) is 30.5 Å². The number of amides is 1. The lowest BCUT2D eigenvalue weighted by Gasteiger charge is -2.24. The number of anilines is 1. The Kier molecular flexibility index (Phi) is 5.20. The van der Waals surface area contributed by atoms with Gasteiger partial charge in [-0.2, -0.15) is 0 Å². The third-order valence-corrected chi connectivity index (χ3v) is 4.99. The minimum Gasteiger partial charge on any atom is -0.507 e. The van der Waals surface area contributed by atoms with Gasteiger partial charge in [0.05, 0.1) is 24.3 Å². The third-order valence-electron chi connectivity index (χ3n) is 4.76. The predicted octanol–water partition coefficient (Wildman–Crippen LogP) is 3.76. The van der Waals surface area contributed by atoms with Crippen molar-refractivity contribution in [1.29, 1.82) is 0 Å². The molecule has 0 aliphatic carbocycles. The van der Waals surface area contributed by atoms with Crippen LogP contribution >= 0.6 is 11.6 Å². The van der Waals surface area contributed by atoms with Crippen molar-refractivity contribution in [3.05, 3.63) is 88.8 Å². The van der Waals surface area contributed by atoms with Crippen molar-refractivity contribution in [2.45, 2.75) is 6.04 Å². The number of carbonyl (C=O) groups excluding carboxylic acids is 2. The summed E-state index contributed by atoms with van der Waals surface area (Å²) >= 11 is 6.10. The highest BCUT2D eigenvalue weighted by Crippen LogP contribution is 2.42. The number of rotatable bonds is 4. The predicted molar refractivity (Wildman–Crippen MR) is 111 cm³/mol. The Hall–Kier alpha value is -3.71. The van der Waals surface area contributed by atoms with Gasteiger partial charge in [-0.3, -0.25) is 19.5 Å². The largest absolute Gasteiger partial charge is 0.507 e. The van der Waals surface area contributed by atoms with Gasteiger partial charge in [0.25, 0.3) is 5.78 Å². The molecule has 0 radical (unpaired) electrons. The van der Waals surface area contributed by atoms with Crippen molar-refractivity contribution in [3.63, 3.8) is 0 Å². The third kappa shape index (κ3) is 3.29. The number of aliphatic hydroxyl groups is 1. The van der Waals surface area contributed by atoms with Crippen molar-refractivity contribution in [2.75, 3.05) is 12.0 Å². The average Bonchev–Trinajstić information content (AvgIpc) is 3.05. The van der Waals surface area contributed by atoms with Crippen LogP contribution in [0.25, 0.3) is 5.76 Å². The van der Waals surface area contributed by atoms with Crippen molar-refractivity contribution in [1.82, 2.24) is 9.97 Å². The molecule has 1 atom stereocenters. The summed E-state index contributed by atoms with van der Waals surface area (Å²) < 4.78 is 5.31. The Bertz CT molecular complexity index is 1150. The number of nitrogens with zero attached hydrogens (tertiary/aromatic N) is 3. The summed E-state index contributed by atoms with van der Waals surface area (Å²) in [5, 5.41) is 11.5. The molecule has 1 aromatic carbocycles. The van der Waals surface area contributed by atoms with Gasteiger partial charge in [-0.05, 0) is 42.0 Å². The number of ether oxygens (including phenoxy) is 1. The molecule has 1 fully saturated rings. The summed E-state index contributed by atoms with van der Waals surface area (Å²) in [4.78, 5) is 35.6. The minimum absolute atomic E-state index is 0.0979. The maximum atomic E-state index is 13.0. The number of hydrogen-bond acceptors (Lipinski definition) is 6. The number of halogens is 1. The van der Waals surface area contributed by atoms with Gasteiger partial charge in [0.1, 0.15) is 17.3 Å². The van der Waals surface area contributed by atoms with Gasteiger partial charge in [-0.15, -0.1) is 0 Å². The van der Waals surface area contributed by atoms with Gasteiger partial charge in [0.15, 0.2) is 0 Å². The van der Waals surface area contributed by atoms with E-state index in [4.69, 9.17) is 16.3 Å². The van der Waals surface area contributed by atoms with E-state index >= 15 is 0 Å². The first-order chi connectivity index (χ1) is 14.5. The highest BCUT2D eigenvalue weighted by molar-refractivity contribution is 6.51. The fourth-order valence-corrected chi connectivity index (χ4v) is 3.60. The summed E-state index contributed by atoms with van der Waals surface area (Å²) in [6.45, 7) is 0. The fraction of sp³-hybridized carbons (Fsp3) is 0.0909. The van der Waals surface area contributed by atoms with E-state index in [-0.39, 0.29) is 22.7 Å². The van der Waals surface area contributed by atoms with Crippen LogP contribution in [0.3, 0.4) is 0 Å². The molecular formula is C22H16ClN3O4. The van der Waals surface area contributed by atoms with Crippen molar-refractivity contribution >= 4 is 34.9 Å². The maximum absolute atomic E-state index is 13.0. The smallest absolute Gasteiger partial charge is 0.301 e. The summed E-state index contributed by atoms with van der Waals surface area (Å²) in [6.07, 6.45) is 4.64. The first-order valence-electron chi connectivity index (χ1n) is 8.98. The molecule has 1 amide bonds. The number of aromatic nitrogens is 2. The van der Waals surface area contributed by atoms with Crippen LogP contribution in [0.15, 0.2) is 72.7 Å². The molecule has 1 saturated heterocycles. The second-order valence-corrected chi connectivity index (χ2v) is 6.92. The molecule has 7 nitrogen and oxygen atoms in total. The van der Waals surface area contributed by atoms with Crippen LogP contribution in [-0.2, 0) is 9.59 Å². The molecule has 1 aliphatic heterocycles. The van der Waals surface area contributed by atoms with Crippen LogP contribution in [0.1, 0.15) is 17.2 Å². The lowest BCUT2D eigenvalue weighted by atomic mass is 9.96. The zero-order valence-electron chi connectivity index (χ0n) is 15.8.